The molecule has 4 heteroatoms. The molecule has 0 N–H and O–H groups in total. The van der Waals surface area contributed by atoms with Gasteiger partial charge in [-0.3, -0.25) is 0 Å². The lowest BCUT2D eigenvalue weighted by atomic mass is 10.3. The predicted molar refractivity (Wildman–Crippen MR) is 90.7 cm³/mol. The molecule has 0 fully saturated rings. The minimum absolute atomic E-state index is 0.819. The second-order valence-corrected chi connectivity index (χ2v) is 4.48. The summed E-state index contributed by atoms with van der Waals surface area (Å²) in [4.78, 5) is 4.73. The van der Waals surface area contributed by atoms with Crippen LogP contribution in [0, 0.1) is 0 Å². The van der Waals surface area contributed by atoms with Gasteiger partial charge in [0, 0.05) is 40.5 Å². The Balaban J connectivity index is -0.000000410. The van der Waals surface area contributed by atoms with E-state index in [-0.39, 0.29) is 0 Å². The highest BCUT2D eigenvalue weighted by atomic mass is 16.5. The van der Waals surface area contributed by atoms with E-state index in [2.05, 4.69) is 35.6 Å². The van der Waals surface area contributed by atoms with Gasteiger partial charge in [0.25, 0.3) is 0 Å². The Morgan fingerprint density at radius 2 is 1.25 bits per heavy atom. The summed E-state index contributed by atoms with van der Waals surface area (Å²) in [6.07, 6.45) is 2.41. The number of hydrogen-bond acceptors (Lipinski definition) is 4. The van der Waals surface area contributed by atoms with Gasteiger partial charge in [0.1, 0.15) is 0 Å². The number of hydrogen-bond donors (Lipinski definition) is 0. The van der Waals surface area contributed by atoms with Gasteiger partial charge in [-0.25, -0.2) is 0 Å². The van der Waals surface area contributed by atoms with Crippen LogP contribution < -0.4 is 0 Å². The summed E-state index contributed by atoms with van der Waals surface area (Å²) in [6, 6.07) is 0. The molecule has 0 unspecified atom stereocenters. The van der Waals surface area contributed by atoms with Gasteiger partial charge in [-0.1, -0.05) is 20.8 Å². The molecule has 0 amide bonds. The van der Waals surface area contributed by atoms with Crippen LogP contribution in [-0.4, -0.2) is 77.5 Å². The number of rotatable bonds is 10. The van der Waals surface area contributed by atoms with Crippen LogP contribution in [0.1, 0.15) is 40.5 Å². The largest absolute Gasteiger partial charge is 0.385 e. The van der Waals surface area contributed by atoms with Gasteiger partial charge in [0.15, 0.2) is 0 Å². The molecule has 0 spiro atoms. The maximum absolute atomic E-state index is 5.01. The van der Waals surface area contributed by atoms with Crippen LogP contribution >= 0.6 is 0 Å². The average Bonchev–Trinajstić information content (AvgIpc) is 2.51. The second-order valence-electron chi connectivity index (χ2n) is 4.48. The van der Waals surface area contributed by atoms with E-state index in [1.54, 1.807) is 14.2 Å². The highest BCUT2D eigenvalue weighted by Gasteiger charge is 1.99. The highest BCUT2D eigenvalue weighted by Crippen LogP contribution is 1.93. The summed E-state index contributed by atoms with van der Waals surface area (Å²) in [6.45, 7) is 14.5. The first kappa shape index (κ1) is 24.8. The van der Waals surface area contributed by atoms with Gasteiger partial charge in [-0.15, -0.1) is 0 Å². The number of ether oxygens (including phenoxy) is 2. The van der Waals surface area contributed by atoms with E-state index >= 15 is 0 Å². The molecule has 0 bridgehead atoms. The summed E-state index contributed by atoms with van der Waals surface area (Å²) < 4.78 is 9.55. The van der Waals surface area contributed by atoms with Gasteiger partial charge in [-0.2, -0.15) is 0 Å². The van der Waals surface area contributed by atoms with Crippen molar-refractivity contribution in [2.24, 2.45) is 0 Å². The number of nitrogens with zero attached hydrogens (tertiary/aromatic N) is 2. The third kappa shape index (κ3) is 26.4. The molecule has 0 heterocycles. The summed E-state index contributed by atoms with van der Waals surface area (Å²) in [5.74, 6) is 0. The van der Waals surface area contributed by atoms with Crippen LogP contribution in [0.5, 0.6) is 0 Å². The molecule has 0 aromatic heterocycles. The Hall–Kier alpha value is -0.160. The molecule has 0 saturated carbocycles. The molecule has 0 radical (unpaired) electrons. The zero-order chi connectivity index (χ0) is 16.2. The van der Waals surface area contributed by atoms with Crippen molar-refractivity contribution in [3.05, 3.63) is 0 Å². The van der Waals surface area contributed by atoms with Crippen LogP contribution in [0.2, 0.25) is 0 Å². The van der Waals surface area contributed by atoms with E-state index in [9.17, 15) is 0 Å². The topological polar surface area (TPSA) is 24.9 Å². The molecule has 20 heavy (non-hydrogen) atoms. The SMILES string of the molecule is CC.CCN(C)CCN(C)CCCCOC.CCOC. The van der Waals surface area contributed by atoms with Crippen LogP contribution in [0.4, 0.5) is 0 Å². The summed E-state index contributed by atoms with van der Waals surface area (Å²) in [5, 5.41) is 0. The Kier molecular flexibility index (Phi) is 29.7. The van der Waals surface area contributed by atoms with Gasteiger partial charge < -0.3 is 19.3 Å². The lowest BCUT2D eigenvalue weighted by molar-refractivity contribution is 0.185. The smallest absolute Gasteiger partial charge is 0.0462 e. The van der Waals surface area contributed by atoms with Crippen molar-refractivity contribution >= 4 is 0 Å². The number of likely N-dealkylation sites (N-methyl/N-ethyl adjacent to an activating group) is 2. The fourth-order valence-corrected chi connectivity index (χ4v) is 1.24. The number of unbranched alkanes of at least 4 members (excludes halogenated alkanes) is 1. The second kappa shape index (κ2) is 23.9. The molecule has 0 aromatic rings. The first-order chi connectivity index (χ1) is 9.62. The fourth-order valence-electron chi connectivity index (χ4n) is 1.24. The molecular formula is C16H40N2O2. The van der Waals surface area contributed by atoms with Crippen molar-refractivity contribution < 1.29 is 9.47 Å². The summed E-state index contributed by atoms with van der Waals surface area (Å²) in [7, 11) is 7.80. The third-order valence-corrected chi connectivity index (χ3v) is 2.83. The monoisotopic (exact) mass is 292 g/mol. The molecule has 0 saturated heterocycles. The van der Waals surface area contributed by atoms with Crippen LogP contribution in [0.25, 0.3) is 0 Å². The van der Waals surface area contributed by atoms with Gasteiger partial charge in [0.05, 0.1) is 0 Å². The van der Waals surface area contributed by atoms with Gasteiger partial charge in [-0.05, 0) is 47.0 Å². The molecule has 0 aliphatic heterocycles. The Labute approximate surface area is 128 Å². The minimum atomic E-state index is 0.819. The lowest BCUT2D eigenvalue weighted by Crippen LogP contribution is -2.31. The molecule has 0 aromatic carbocycles. The first-order valence-corrected chi connectivity index (χ1v) is 7.97. The zero-order valence-corrected chi connectivity index (χ0v) is 15.4. The molecule has 0 rings (SSSR count). The van der Waals surface area contributed by atoms with Crippen molar-refractivity contribution in [1.82, 2.24) is 9.80 Å². The Morgan fingerprint density at radius 1 is 0.750 bits per heavy atom. The van der Waals surface area contributed by atoms with Crippen LogP contribution in [-0.2, 0) is 9.47 Å². The van der Waals surface area contributed by atoms with Crippen LogP contribution in [0.3, 0.4) is 0 Å². The maximum atomic E-state index is 5.01. The average molecular weight is 293 g/mol. The van der Waals surface area contributed by atoms with Crippen molar-refractivity contribution in [2.45, 2.75) is 40.5 Å². The van der Waals surface area contributed by atoms with Gasteiger partial charge in [0.2, 0.25) is 0 Å². The first-order valence-electron chi connectivity index (χ1n) is 7.97. The molecule has 0 atom stereocenters. The maximum Gasteiger partial charge on any atom is 0.0462 e. The molecule has 0 aliphatic rings. The predicted octanol–water partition coefficient (Wildman–Crippen LogP) is 2.98. The van der Waals surface area contributed by atoms with E-state index in [4.69, 9.17) is 4.74 Å². The van der Waals surface area contributed by atoms with Crippen molar-refractivity contribution in [2.75, 3.05) is 67.7 Å². The van der Waals surface area contributed by atoms with E-state index in [0.717, 1.165) is 32.8 Å². The summed E-state index contributed by atoms with van der Waals surface area (Å²) in [5.41, 5.74) is 0. The van der Waals surface area contributed by atoms with E-state index in [0.29, 0.717) is 0 Å². The molecular weight excluding hydrogens is 252 g/mol. The zero-order valence-electron chi connectivity index (χ0n) is 15.4. The number of methoxy groups -OCH3 is 2. The quantitative estimate of drug-likeness (QED) is 0.578. The Bertz CT molecular complexity index is 144. The van der Waals surface area contributed by atoms with Crippen molar-refractivity contribution in [3.8, 4) is 0 Å². The highest BCUT2D eigenvalue weighted by molar-refractivity contribution is 4.55. The van der Waals surface area contributed by atoms with Gasteiger partial charge >= 0.3 is 0 Å². The lowest BCUT2D eigenvalue weighted by Gasteiger charge is -2.20. The van der Waals surface area contributed by atoms with Crippen molar-refractivity contribution in [1.29, 1.82) is 0 Å². The molecule has 0 aliphatic carbocycles. The third-order valence-electron chi connectivity index (χ3n) is 2.83. The summed E-state index contributed by atoms with van der Waals surface area (Å²) >= 11 is 0. The normalized spacial score (nSPS) is 9.90. The minimum Gasteiger partial charge on any atom is -0.385 e. The standard InChI is InChI=1S/C11H26N2O.C3H8O.C2H6/c1-5-12(2)9-10-13(3)8-6-7-11-14-4;1-3-4-2;1-2/h5-11H2,1-4H3;3H2,1-2H3;1-2H3. The van der Waals surface area contributed by atoms with E-state index in [1.807, 2.05) is 20.8 Å². The fraction of sp³-hybridized carbons (Fsp3) is 1.00. The molecule has 126 valence electrons. The van der Waals surface area contributed by atoms with Crippen LogP contribution in [0.15, 0.2) is 0 Å². The Morgan fingerprint density at radius 3 is 1.65 bits per heavy atom. The molecule has 4 nitrogen and oxygen atoms in total. The van der Waals surface area contributed by atoms with E-state index in [1.165, 1.54) is 19.4 Å². The van der Waals surface area contributed by atoms with E-state index < -0.39 is 0 Å². The van der Waals surface area contributed by atoms with Crippen molar-refractivity contribution in [3.63, 3.8) is 0 Å².